The predicted molar refractivity (Wildman–Crippen MR) is 170 cm³/mol. The number of nitrogens with zero attached hydrogens (tertiary/aromatic N) is 4. The van der Waals surface area contributed by atoms with Crippen LogP contribution in [0.15, 0.2) is 82.6 Å². The number of hydrogen-bond donors (Lipinski definition) is 2. The van der Waals surface area contributed by atoms with Crippen molar-refractivity contribution in [2.24, 2.45) is 7.05 Å². The lowest BCUT2D eigenvalue weighted by Crippen LogP contribution is -2.45. The lowest BCUT2D eigenvalue weighted by Gasteiger charge is -2.20. The van der Waals surface area contributed by atoms with E-state index >= 15 is 0 Å². The van der Waals surface area contributed by atoms with Crippen molar-refractivity contribution in [3.63, 3.8) is 0 Å². The average Bonchev–Trinajstić information content (AvgIpc) is 3.58. The maximum Gasteiger partial charge on any atom is 0.257 e. The summed E-state index contributed by atoms with van der Waals surface area (Å²) in [5.74, 6) is -0.922. The summed E-state index contributed by atoms with van der Waals surface area (Å²) < 4.78 is 8.39. The smallest absolute Gasteiger partial charge is 0.257 e. The number of anilines is 1. The van der Waals surface area contributed by atoms with E-state index in [0.29, 0.717) is 22.0 Å². The van der Waals surface area contributed by atoms with E-state index in [1.807, 2.05) is 52.1 Å². The van der Waals surface area contributed by atoms with Gasteiger partial charge in [-0.1, -0.05) is 35.0 Å². The van der Waals surface area contributed by atoms with Gasteiger partial charge in [0.1, 0.15) is 17.9 Å². The Kier molecular flexibility index (Phi) is 8.82. The zero-order valence-electron chi connectivity index (χ0n) is 25.1. The highest BCUT2D eigenvalue weighted by atomic mass is 35.5. The Labute approximate surface area is 259 Å². The third kappa shape index (κ3) is 6.50. The zero-order chi connectivity index (χ0) is 31.5. The lowest BCUT2D eigenvalue weighted by molar-refractivity contribution is -0.118. The summed E-state index contributed by atoms with van der Waals surface area (Å²) in [7, 11) is 1.88. The van der Waals surface area contributed by atoms with Crippen molar-refractivity contribution in [1.29, 1.82) is 0 Å². The third-order valence-electron chi connectivity index (χ3n) is 7.46. The summed E-state index contributed by atoms with van der Waals surface area (Å²) in [6.07, 6.45) is 4.95. The van der Waals surface area contributed by atoms with Crippen LogP contribution in [0.5, 0.6) is 0 Å². The summed E-state index contributed by atoms with van der Waals surface area (Å²) in [6.45, 7) is 7.52. The fourth-order valence-electron chi connectivity index (χ4n) is 5.07. The molecule has 11 heteroatoms. The first-order chi connectivity index (χ1) is 21.0. The first kappa shape index (κ1) is 30.5. The molecule has 2 amide bonds. The van der Waals surface area contributed by atoms with Gasteiger partial charge in [0, 0.05) is 48.0 Å². The summed E-state index contributed by atoms with van der Waals surface area (Å²) in [6, 6.07) is 15.2. The van der Waals surface area contributed by atoms with Crippen molar-refractivity contribution < 1.29 is 14.1 Å². The number of carbonyl (C=O) groups is 2. The van der Waals surface area contributed by atoms with Crippen LogP contribution in [-0.2, 0) is 18.3 Å². The first-order valence-corrected chi connectivity index (χ1v) is 14.5. The van der Waals surface area contributed by atoms with Crippen LogP contribution in [0.3, 0.4) is 0 Å². The maximum atomic E-state index is 13.7. The number of halogens is 1. The van der Waals surface area contributed by atoms with Crippen molar-refractivity contribution in [2.45, 2.75) is 46.2 Å². The molecule has 2 aromatic carbocycles. The maximum absolute atomic E-state index is 13.7. The van der Waals surface area contributed by atoms with Crippen LogP contribution in [0.1, 0.15) is 47.1 Å². The Morgan fingerprint density at radius 3 is 2.34 bits per heavy atom. The molecule has 3 aromatic heterocycles. The molecule has 0 aliphatic heterocycles. The van der Waals surface area contributed by atoms with Gasteiger partial charge < -0.3 is 19.7 Å². The van der Waals surface area contributed by atoms with Crippen LogP contribution in [-0.4, -0.2) is 37.4 Å². The summed E-state index contributed by atoms with van der Waals surface area (Å²) in [5.41, 5.74) is 6.38. The fraction of sp³-hybridized carbons (Fsp3) is 0.242. The number of aryl methyl sites for hydroxylation is 3. The Bertz CT molecular complexity index is 1870. The second-order valence-electron chi connectivity index (χ2n) is 11.0. The lowest BCUT2D eigenvalue weighted by atomic mass is 9.99. The van der Waals surface area contributed by atoms with Crippen molar-refractivity contribution in [3.8, 4) is 22.4 Å². The number of aromatic nitrogens is 4. The van der Waals surface area contributed by atoms with Crippen molar-refractivity contribution in [3.05, 3.63) is 111 Å². The van der Waals surface area contributed by atoms with Crippen LogP contribution < -0.4 is 16.2 Å². The van der Waals surface area contributed by atoms with Gasteiger partial charge in [0.2, 0.25) is 5.91 Å². The molecule has 44 heavy (non-hydrogen) atoms. The van der Waals surface area contributed by atoms with E-state index in [1.165, 1.54) is 12.3 Å². The van der Waals surface area contributed by atoms with Gasteiger partial charge in [-0.3, -0.25) is 19.1 Å². The quantitative estimate of drug-likeness (QED) is 0.219. The van der Waals surface area contributed by atoms with Gasteiger partial charge in [-0.2, -0.15) is 5.10 Å². The molecular formula is C33H33ClN6O4. The normalized spacial score (nSPS) is 11.9. The largest absolute Gasteiger partial charge is 0.364 e. The molecule has 0 aliphatic rings. The van der Waals surface area contributed by atoms with Crippen LogP contribution >= 0.6 is 11.6 Å². The molecule has 1 unspecified atom stereocenters. The van der Waals surface area contributed by atoms with E-state index in [1.54, 1.807) is 52.8 Å². The molecule has 1 atom stereocenters. The number of rotatable bonds is 9. The highest BCUT2D eigenvalue weighted by Gasteiger charge is 2.25. The van der Waals surface area contributed by atoms with Crippen LogP contribution in [0, 0.1) is 13.8 Å². The Morgan fingerprint density at radius 1 is 1.00 bits per heavy atom. The second kappa shape index (κ2) is 12.7. The molecule has 0 saturated carbocycles. The number of benzene rings is 2. The monoisotopic (exact) mass is 612 g/mol. The molecule has 3 heterocycles. The number of carbonyl (C=O) groups excluding carboxylic acids is 2. The highest BCUT2D eigenvalue weighted by Crippen LogP contribution is 2.27. The molecule has 0 bridgehead atoms. The third-order valence-corrected chi connectivity index (χ3v) is 7.83. The molecule has 226 valence electrons. The van der Waals surface area contributed by atoms with Crippen LogP contribution in [0.2, 0.25) is 5.02 Å². The molecule has 0 saturated heterocycles. The van der Waals surface area contributed by atoms with E-state index in [2.05, 4.69) is 20.9 Å². The fourth-order valence-corrected chi connectivity index (χ4v) is 5.26. The van der Waals surface area contributed by atoms with E-state index in [9.17, 15) is 14.4 Å². The highest BCUT2D eigenvalue weighted by molar-refractivity contribution is 6.31. The molecule has 0 radical (unpaired) electrons. The molecule has 0 spiro atoms. The van der Waals surface area contributed by atoms with Crippen LogP contribution in [0.4, 0.5) is 5.69 Å². The topological polar surface area (TPSA) is 124 Å². The molecule has 5 rings (SSSR count). The SMILES string of the molecule is Cc1cnn(C)c1-c1ccc(NC(=O)C(Cc2cc(-c3ccc(=O)n(C(C)C)c3)ccc2Cl)NC(=O)c2conc2C)cc1. The van der Waals surface area contributed by atoms with Crippen molar-refractivity contribution >= 4 is 29.1 Å². The Balaban J connectivity index is 1.43. The average molecular weight is 613 g/mol. The summed E-state index contributed by atoms with van der Waals surface area (Å²) in [5, 5.41) is 14.3. The van der Waals surface area contributed by atoms with Gasteiger partial charge in [-0.15, -0.1) is 0 Å². The van der Waals surface area contributed by atoms with Gasteiger partial charge in [0.25, 0.3) is 11.5 Å². The van der Waals surface area contributed by atoms with E-state index in [-0.39, 0.29) is 23.6 Å². The number of pyridine rings is 1. The summed E-state index contributed by atoms with van der Waals surface area (Å²) >= 11 is 6.62. The standard InChI is InChI=1S/C33H33ClN6O4/c1-19(2)40-17-24(9-13-30(40)41)23-8-12-28(34)25(14-23)15-29(37-32(42)27-18-44-38-21(27)4)33(43)36-26-10-6-22(7-11-26)31-20(3)16-35-39(31)5/h6-14,16-19,29H,15H2,1-5H3,(H,36,43)(H,37,42). The van der Waals surface area contributed by atoms with E-state index < -0.39 is 17.9 Å². The summed E-state index contributed by atoms with van der Waals surface area (Å²) in [4.78, 5) is 39.2. The zero-order valence-corrected chi connectivity index (χ0v) is 25.8. The molecule has 0 fully saturated rings. The van der Waals surface area contributed by atoms with Crippen molar-refractivity contribution in [2.75, 3.05) is 5.32 Å². The predicted octanol–water partition coefficient (Wildman–Crippen LogP) is 5.73. The second-order valence-corrected chi connectivity index (χ2v) is 11.4. The molecule has 10 nitrogen and oxygen atoms in total. The van der Waals surface area contributed by atoms with Gasteiger partial charge in [0.05, 0.1) is 17.6 Å². The van der Waals surface area contributed by atoms with Gasteiger partial charge in [0.15, 0.2) is 0 Å². The van der Waals surface area contributed by atoms with Gasteiger partial charge in [-0.25, -0.2) is 0 Å². The van der Waals surface area contributed by atoms with Gasteiger partial charge in [-0.05, 0) is 80.3 Å². The number of nitrogens with one attached hydrogen (secondary N) is 2. The van der Waals surface area contributed by atoms with E-state index in [0.717, 1.165) is 27.9 Å². The number of hydrogen-bond acceptors (Lipinski definition) is 6. The minimum Gasteiger partial charge on any atom is -0.364 e. The molecule has 5 aromatic rings. The number of amides is 2. The Morgan fingerprint density at radius 2 is 1.70 bits per heavy atom. The van der Waals surface area contributed by atoms with Crippen molar-refractivity contribution in [1.82, 2.24) is 24.8 Å². The molecule has 2 N–H and O–H groups in total. The van der Waals surface area contributed by atoms with Gasteiger partial charge >= 0.3 is 0 Å². The molecule has 0 aliphatic carbocycles. The van der Waals surface area contributed by atoms with Crippen LogP contribution in [0.25, 0.3) is 22.4 Å². The Hall–Kier alpha value is -4.96. The molecular weight excluding hydrogens is 580 g/mol. The first-order valence-electron chi connectivity index (χ1n) is 14.1. The minimum absolute atomic E-state index is 0.0133. The van der Waals surface area contributed by atoms with E-state index in [4.69, 9.17) is 16.1 Å². The minimum atomic E-state index is -0.992.